The van der Waals surface area contributed by atoms with Crippen LogP contribution in [-0.4, -0.2) is 36.4 Å². The number of hydrogen-bond acceptors (Lipinski definition) is 4. The van der Waals surface area contributed by atoms with Gasteiger partial charge in [0.1, 0.15) is 5.75 Å². The SMILES string of the molecule is COc1ccc(N2C(=O)CC(N3CCc4ccccc4C3)C2=O)cc1. The van der Waals surface area contributed by atoms with Gasteiger partial charge in [0.05, 0.1) is 25.3 Å². The number of benzene rings is 2. The lowest BCUT2D eigenvalue weighted by Crippen LogP contribution is -2.44. The maximum atomic E-state index is 12.9. The molecule has 0 radical (unpaired) electrons. The first-order valence-corrected chi connectivity index (χ1v) is 8.49. The van der Waals surface area contributed by atoms with Gasteiger partial charge in [0.25, 0.3) is 5.91 Å². The van der Waals surface area contributed by atoms with Crippen LogP contribution < -0.4 is 9.64 Å². The van der Waals surface area contributed by atoms with Crippen molar-refractivity contribution in [1.29, 1.82) is 0 Å². The standard InChI is InChI=1S/C20H20N2O3/c1-25-17-8-6-16(7-9-17)22-19(23)12-18(20(22)24)21-11-10-14-4-2-3-5-15(14)13-21/h2-9,18H,10-13H2,1H3. The number of nitrogens with zero attached hydrogens (tertiary/aromatic N) is 2. The number of methoxy groups -OCH3 is 1. The summed E-state index contributed by atoms with van der Waals surface area (Å²) in [5.74, 6) is 0.431. The van der Waals surface area contributed by atoms with Crippen molar-refractivity contribution >= 4 is 17.5 Å². The van der Waals surface area contributed by atoms with Crippen LogP contribution in [0.5, 0.6) is 5.75 Å². The van der Waals surface area contributed by atoms with Crippen molar-refractivity contribution < 1.29 is 14.3 Å². The zero-order valence-corrected chi connectivity index (χ0v) is 14.1. The van der Waals surface area contributed by atoms with Gasteiger partial charge in [-0.3, -0.25) is 14.5 Å². The molecule has 4 rings (SSSR count). The van der Waals surface area contributed by atoms with E-state index >= 15 is 0 Å². The number of carbonyl (C=O) groups is 2. The van der Waals surface area contributed by atoms with Crippen molar-refractivity contribution in [3.05, 3.63) is 59.7 Å². The summed E-state index contributed by atoms with van der Waals surface area (Å²) in [7, 11) is 1.59. The highest BCUT2D eigenvalue weighted by molar-refractivity contribution is 6.22. The fourth-order valence-corrected chi connectivity index (χ4v) is 3.69. The first-order chi connectivity index (χ1) is 12.2. The van der Waals surface area contributed by atoms with Gasteiger partial charge in [-0.25, -0.2) is 4.90 Å². The molecule has 1 unspecified atom stereocenters. The molecule has 2 aromatic carbocycles. The van der Waals surface area contributed by atoms with Crippen molar-refractivity contribution in [2.24, 2.45) is 0 Å². The van der Waals surface area contributed by atoms with E-state index in [1.807, 2.05) is 12.1 Å². The van der Waals surface area contributed by atoms with Crippen LogP contribution in [0.4, 0.5) is 5.69 Å². The molecule has 25 heavy (non-hydrogen) atoms. The fourth-order valence-electron chi connectivity index (χ4n) is 3.69. The first kappa shape index (κ1) is 15.8. The molecule has 2 aliphatic rings. The van der Waals surface area contributed by atoms with Crippen LogP contribution in [-0.2, 0) is 22.6 Å². The summed E-state index contributed by atoms with van der Waals surface area (Å²) in [5.41, 5.74) is 3.19. The number of anilines is 1. The zero-order valence-electron chi connectivity index (χ0n) is 14.1. The Balaban J connectivity index is 1.55. The van der Waals surface area contributed by atoms with E-state index in [1.165, 1.54) is 16.0 Å². The molecule has 128 valence electrons. The Labute approximate surface area is 146 Å². The van der Waals surface area contributed by atoms with Crippen molar-refractivity contribution in [2.75, 3.05) is 18.6 Å². The van der Waals surface area contributed by atoms with Crippen LogP contribution in [0.3, 0.4) is 0 Å². The average molecular weight is 336 g/mol. The van der Waals surface area contributed by atoms with Gasteiger partial charge in [-0.1, -0.05) is 24.3 Å². The lowest BCUT2D eigenvalue weighted by atomic mass is 9.98. The molecule has 0 saturated carbocycles. The molecule has 0 spiro atoms. The van der Waals surface area contributed by atoms with Gasteiger partial charge in [0, 0.05) is 13.1 Å². The second-order valence-electron chi connectivity index (χ2n) is 6.47. The second-order valence-corrected chi connectivity index (χ2v) is 6.47. The predicted molar refractivity (Wildman–Crippen MR) is 94.4 cm³/mol. The molecular weight excluding hydrogens is 316 g/mol. The van der Waals surface area contributed by atoms with E-state index < -0.39 is 0 Å². The molecule has 5 heteroatoms. The van der Waals surface area contributed by atoms with Crippen LogP contribution in [0.15, 0.2) is 48.5 Å². The Hall–Kier alpha value is -2.66. The Morgan fingerprint density at radius 2 is 1.72 bits per heavy atom. The molecule has 1 saturated heterocycles. The van der Waals surface area contributed by atoms with Gasteiger partial charge >= 0.3 is 0 Å². The van der Waals surface area contributed by atoms with Gasteiger partial charge in [-0.2, -0.15) is 0 Å². The van der Waals surface area contributed by atoms with Crippen LogP contribution >= 0.6 is 0 Å². The van der Waals surface area contributed by atoms with Crippen LogP contribution in [0.25, 0.3) is 0 Å². The maximum Gasteiger partial charge on any atom is 0.251 e. The van der Waals surface area contributed by atoms with Gasteiger partial charge in [0.15, 0.2) is 0 Å². The topological polar surface area (TPSA) is 49.9 Å². The average Bonchev–Trinajstić information content (AvgIpc) is 2.96. The van der Waals surface area contributed by atoms with E-state index in [1.54, 1.807) is 31.4 Å². The Morgan fingerprint density at radius 1 is 1.00 bits per heavy atom. The number of fused-ring (bicyclic) bond motifs is 1. The zero-order chi connectivity index (χ0) is 17.4. The number of rotatable bonds is 3. The summed E-state index contributed by atoms with van der Waals surface area (Å²) in [6.45, 7) is 1.52. The number of carbonyl (C=O) groups excluding carboxylic acids is 2. The highest BCUT2D eigenvalue weighted by atomic mass is 16.5. The van der Waals surface area contributed by atoms with Crippen molar-refractivity contribution in [2.45, 2.75) is 25.4 Å². The Morgan fingerprint density at radius 3 is 2.44 bits per heavy atom. The lowest BCUT2D eigenvalue weighted by molar-refractivity contribution is -0.123. The van der Waals surface area contributed by atoms with Gasteiger partial charge < -0.3 is 4.74 Å². The number of hydrogen-bond donors (Lipinski definition) is 0. The molecule has 1 atom stereocenters. The predicted octanol–water partition coefficient (Wildman–Crippen LogP) is 2.39. The van der Waals surface area contributed by atoms with Crippen LogP contribution in [0.2, 0.25) is 0 Å². The molecule has 1 fully saturated rings. The molecule has 2 aliphatic heterocycles. The Bertz CT molecular complexity index is 816. The monoisotopic (exact) mass is 336 g/mol. The first-order valence-electron chi connectivity index (χ1n) is 8.49. The third-order valence-corrected chi connectivity index (χ3v) is 5.05. The summed E-state index contributed by atoms with van der Waals surface area (Å²) < 4.78 is 5.14. The molecule has 0 aromatic heterocycles. The van der Waals surface area contributed by atoms with E-state index in [0.29, 0.717) is 11.4 Å². The quantitative estimate of drug-likeness (QED) is 0.808. The largest absolute Gasteiger partial charge is 0.497 e. The van der Waals surface area contributed by atoms with E-state index in [0.717, 1.165) is 19.5 Å². The molecule has 5 nitrogen and oxygen atoms in total. The van der Waals surface area contributed by atoms with Gasteiger partial charge in [-0.15, -0.1) is 0 Å². The number of ether oxygens (including phenoxy) is 1. The van der Waals surface area contributed by atoms with Crippen molar-refractivity contribution in [1.82, 2.24) is 4.90 Å². The highest BCUT2D eigenvalue weighted by Crippen LogP contribution is 2.30. The lowest BCUT2D eigenvalue weighted by Gasteiger charge is -2.32. The minimum absolute atomic E-state index is 0.130. The minimum atomic E-state index is -0.372. The van der Waals surface area contributed by atoms with Gasteiger partial charge in [-0.05, 0) is 41.8 Å². The molecule has 2 amide bonds. The van der Waals surface area contributed by atoms with Crippen molar-refractivity contribution in [3.8, 4) is 5.75 Å². The summed E-state index contributed by atoms with van der Waals surface area (Å²) in [6, 6.07) is 15.0. The normalized spacial score (nSPS) is 20.7. The van der Waals surface area contributed by atoms with E-state index in [2.05, 4.69) is 17.0 Å². The van der Waals surface area contributed by atoms with E-state index in [9.17, 15) is 9.59 Å². The smallest absolute Gasteiger partial charge is 0.251 e. The molecule has 2 heterocycles. The third kappa shape index (κ3) is 2.81. The maximum absolute atomic E-state index is 12.9. The molecular formula is C20H20N2O3. The summed E-state index contributed by atoms with van der Waals surface area (Å²) in [5, 5.41) is 0. The van der Waals surface area contributed by atoms with Crippen LogP contribution in [0.1, 0.15) is 17.5 Å². The minimum Gasteiger partial charge on any atom is -0.497 e. The highest BCUT2D eigenvalue weighted by Gasteiger charge is 2.43. The summed E-state index contributed by atoms with van der Waals surface area (Å²) in [6.07, 6.45) is 1.16. The molecule has 0 aliphatic carbocycles. The van der Waals surface area contributed by atoms with E-state index in [-0.39, 0.29) is 24.3 Å². The molecule has 2 aromatic rings. The third-order valence-electron chi connectivity index (χ3n) is 5.05. The Kier molecular flexibility index (Phi) is 4.01. The van der Waals surface area contributed by atoms with Crippen molar-refractivity contribution in [3.63, 3.8) is 0 Å². The second kappa shape index (κ2) is 6.33. The van der Waals surface area contributed by atoms with E-state index in [4.69, 9.17) is 4.74 Å². The number of imide groups is 1. The molecule has 0 bridgehead atoms. The fraction of sp³-hybridized carbons (Fsp3) is 0.300. The summed E-state index contributed by atoms with van der Waals surface area (Å²) >= 11 is 0. The number of amides is 2. The van der Waals surface area contributed by atoms with Crippen LogP contribution in [0, 0.1) is 0 Å². The summed E-state index contributed by atoms with van der Waals surface area (Å²) in [4.78, 5) is 28.8. The van der Waals surface area contributed by atoms with Gasteiger partial charge in [0.2, 0.25) is 5.91 Å². The molecule has 0 N–H and O–H groups in total.